The number of halogens is 1. The fraction of sp³-hybridized carbons (Fsp3) is 0.500. The maximum absolute atomic E-state index is 12.9. The van der Waals surface area contributed by atoms with Crippen molar-refractivity contribution in [1.82, 2.24) is 5.32 Å². The minimum atomic E-state index is -0.615. The molecular formula is C14H19FN2O. The molecule has 1 N–H and O–H groups in total. The maximum atomic E-state index is 12.9. The van der Waals surface area contributed by atoms with Crippen molar-refractivity contribution in [2.75, 3.05) is 11.4 Å². The Morgan fingerprint density at radius 1 is 1.17 bits per heavy atom. The molecule has 0 bridgehead atoms. The molecule has 1 saturated heterocycles. The van der Waals surface area contributed by atoms with Crippen LogP contribution in [0.25, 0.3) is 0 Å². The van der Waals surface area contributed by atoms with Gasteiger partial charge >= 0.3 is 0 Å². The van der Waals surface area contributed by atoms with E-state index in [0.717, 1.165) is 5.69 Å². The number of amides is 1. The summed E-state index contributed by atoms with van der Waals surface area (Å²) < 4.78 is 12.9. The summed E-state index contributed by atoms with van der Waals surface area (Å²) in [5.74, 6) is -0.284. The lowest BCUT2D eigenvalue weighted by atomic mass is 9.90. The van der Waals surface area contributed by atoms with Gasteiger partial charge in [-0.15, -0.1) is 0 Å². The molecule has 2 rings (SSSR count). The Hall–Kier alpha value is -1.42. The molecule has 1 aromatic rings. The average molecular weight is 250 g/mol. The van der Waals surface area contributed by atoms with Gasteiger partial charge < -0.3 is 4.90 Å². The highest BCUT2D eigenvalue weighted by molar-refractivity contribution is 6.00. The van der Waals surface area contributed by atoms with Gasteiger partial charge in [0.1, 0.15) is 5.82 Å². The molecule has 0 unspecified atom stereocenters. The van der Waals surface area contributed by atoms with Crippen LogP contribution in [0.5, 0.6) is 0 Å². The third-order valence-electron chi connectivity index (χ3n) is 3.12. The number of anilines is 1. The first-order valence-corrected chi connectivity index (χ1v) is 6.08. The number of hydrogen-bond donors (Lipinski definition) is 1. The Kier molecular flexibility index (Phi) is 2.93. The van der Waals surface area contributed by atoms with E-state index in [9.17, 15) is 9.18 Å². The molecule has 0 radical (unpaired) electrons. The Bertz CT molecular complexity index is 465. The fourth-order valence-electron chi connectivity index (χ4n) is 2.57. The predicted molar refractivity (Wildman–Crippen MR) is 70.0 cm³/mol. The molecule has 0 spiro atoms. The van der Waals surface area contributed by atoms with Crippen LogP contribution in [0, 0.1) is 5.82 Å². The Labute approximate surface area is 107 Å². The summed E-state index contributed by atoms with van der Waals surface area (Å²) in [5.41, 5.74) is -0.0499. The van der Waals surface area contributed by atoms with E-state index in [2.05, 4.69) is 19.2 Å². The molecule has 0 aromatic heterocycles. The van der Waals surface area contributed by atoms with Gasteiger partial charge in [0.05, 0.1) is 5.54 Å². The van der Waals surface area contributed by atoms with Crippen molar-refractivity contribution in [3.63, 3.8) is 0 Å². The number of nitrogens with one attached hydrogen (secondary N) is 1. The van der Waals surface area contributed by atoms with Gasteiger partial charge in [0.2, 0.25) is 5.91 Å². The summed E-state index contributed by atoms with van der Waals surface area (Å²) in [6.07, 6.45) is 0. The number of carbonyl (C=O) groups is 1. The van der Waals surface area contributed by atoms with Crippen molar-refractivity contribution >= 4 is 11.6 Å². The molecule has 0 atom stereocenters. The predicted octanol–water partition coefficient (Wildman–Crippen LogP) is 2.32. The lowest BCUT2D eigenvalue weighted by molar-refractivity contribution is -0.126. The van der Waals surface area contributed by atoms with Crippen molar-refractivity contribution in [1.29, 1.82) is 0 Å². The number of hydrogen-bond acceptors (Lipinski definition) is 2. The third-order valence-corrected chi connectivity index (χ3v) is 3.12. The third kappa shape index (κ3) is 2.38. The molecule has 1 heterocycles. The highest BCUT2D eigenvalue weighted by atomic mass is 19.1. The number of benzene rings is 1. The molecule has 1 fully saturated rings. The Balaban J connectivity index is 2.37. The van der Waals surface area contributed by atoms with Crippen LogP contribution in [-0.4, -0.2) is 23.5 Å². The topological polar surface area (TPSA) is 32.3 Å². The number of nitrogens with zero attached hydrogens (tertiary/aromatic N) is 1. The molecule has 0 aliphatic carbocycles. The Morgan fingerprint density at radius 3 is 2.28 bits per heavy atom. The van der Waals surface area contributed by atoms with Gasteiger partial charge in [0.15, 0.2) is 0 Å². The number of piperazine rings is 1. The second-order valence-corrected chi connectivity index (χ2v) is 6.00. The molecule has 1 aliphatic heterocycles. The van der Waals surface area contributed by atoms with Crippen LogP contribution in [0.15, 0.2) is 24.3 Å². The van der Waals surface area contributed by atoms with Gasteiger partial charge in [-0.2, -0.15) is 0 Å². The van der Waals surface area contributed by atoms with E-state index >= 15 is 0 Å². The molecule has 98 valence electrons. The minimum Gasteiger partial charge on any atom is -0.309 e. The summed E-state index contributed by atoms with van der Waals surface area (Å²) in [6.45, 7) is 8.41. The van der Waals surface area contributed by atoms with Gasteiger partial charge in [0.25, 0.3) is 0 Å². The van der Waals surface area contributed by atoms with Gasteiger partial charge in [0, 0.05) is 17.8 Å². The smallest absolute Gasteiger partial charge is 0.246 e. The number of rotatable bonds is 1. The summed E-state index contributed by atoms with van der Waals surface area (Å²) >= 11 is 0. The fourth-order valence-corrected chi connectivity index (χ4v) is 2.57. The molecule has 1 amide bonds. The zero-order valence-electron chi connectivity index (χ0n) is 11.2. The quantitative estimate of drug-likeness (QED) is 0.829. The van der Waals surface area contributed by atoms with E-state index in [0.29, 0.717) is 6.54 Å². The molecular weight excluding hydrogens is 231 g/mol. The Morgan fingerprint density at radius 2 is 1.72 bits per heavy atom. The maximum Gasteiger partial charge on any atom is 0.246 e. The van der Waals surface area contributed by atoms with Gasteiger partial charge in [-0.1, -0.05) is 0 Å². The van der Waals surface area contributed by atoms with Crippen molar-refractivity contribution in [2.45, 2.75) is 38.8 Å². The second-order valence-electron chi connectivity index (χ2n) is 6.00. The van der Waals surface area contributed by atoms with Crippen molar-refractivity contribution in [2.24, 2.45) is 0 Å². The largest absolute Gasteiger partial charge is 0.309 e. The van der Waals surface area contributed by atoms with Gasteiger partial charge in [-0.3, -0.25) is 10.1 Å². The average Bonchev–Trinajstić information content (AvgIpc) is 2.23. The lowest BCUT2D eigenvalue weighted by Crippen LogP contribution is -2.70. The van der Waals surface area contributed by atoms with E-state index in [1.54, 1.807) is 17.0 Å². The molecule has 1 aliphatic rings. The highest BCUT2D eigenvalue weighted by Gasteiger charge is 2.43. The van der Waals surface area contributed by atoms with Crippen LogP contribution in [-0.2, 0) is 4.79 Å². The zero-order valence-corrected chi connectivity index (χ0v) is 11.2. The van der Waals surface area contributed by atoms with E-state index < -0.39 is 5.54 Å². The molecule has 18 heavy (non-hydrogen) atoms. The van der Waals surface area contributed by atoms with Crippen LogP contribution < -0.4 is 10.2 Å². The summed E-state index contributed by atoms with van der Waals surface area (Å²) in [6, 6.07) is 6.05. The first-order chi connectivity index (χ1) is 8.21. The van der Waals surface area contributed by atoms with Crippen LogP contribution in [0.2, 0.25) is 0 Å². The standard InChI is InChI=1S/C14H19FN2O/c1-13(2)9-17(12(18)14(3,4)16-13)11-7-5-10(15)6-8-11/h5-8,16H,9H2,1-4H3. The number of carbonyl (C=O) groups excluding carboxylic acids is 1. The van der Waals surface area contributed by atoms with Crippen molar-refractivity contribution in [3.05, 3.63) is 30.1 Å². The normalized spacial score (nSPS) is 22.1. The molecule has 4 heteroatoms. The summed E-state index contributed by atoms with van der Waals surface area (Å²) in [7, 11) is 0. The van der Waals surface area contributed by atoms with E-state index in [4.69, 9.17) is 0 Å². The van der Waals surface area contributed by atoms with Gasteiger partial charge in [-0.25, -0.2) is 4.39 Å². The van der Waals surface area contributed by atoms with E-state index in [-0.39, 0.29) is 17.3 Å². The zero-order chi connectivity index (χ0) is 13.6. The minimum absolute atomic E-state index is 0.00781. The first kappa shape index (κ1) is 13.0. The van der Waals surface area contributed by atoms with Crippen LogP contribution in [0.1, 0.15) is 27.7 Å². The monoisotopic (exact) mass is 250 g/mol. The first-order valence-electron chi connectivity index (χ1n) is 6.08. The summed E-state index contributed by atoms with van der Waals surface area (Å²) in [5, 5.41) is 3.33. The second kappa shape index (κ2) is 4.05. The van der Waals surface area contributed by atoms with E-state index in [1.807, 2.05) is 13.8 Å². The van der Waals surface area contributed by atoms with Gasteiger partial charge in [-0.05, 0) is 52.0 Å². The van der Waals surface area contributed by atoms with Crippen molar-refractivity contribution < 1.29 is 9.18 Å². The van der Waals surface area contributed by atoms with E-state index in [1.165, 1.54) is 12.1 Å². The highest BCUT2D eigenvalue weighted by Crippen LogP contribution is 2.27. The van der Waals surface area contributed by atoms with Crippen LogP contribution in [0.4, 0.5) is 10.1 Å². The lowest BCUT2D eigenvalue weighted by Gasteiger charge is -2.47. The summed E-state index contributed by atoms with van der Waals surface area (Å²) in [4.78, 5) is 14.1. The molecule has 0 saturated carbocycles. The SMILES string of the molecule is CC1(C)CN(c2ccc(F)cc2)C(=O)C(C)(C)N1. The molecule has 1 aromatic carbocycles. The van der Waals surface area contributed by atoms with Crippen molar-refractivity contribution in [3.8, 4) is 0 Å². The van der Waals surface area contributed by atoms with Crippen LogP contribution in [0.3, 0.4) is 0 Å². The molecule has 3 nitrogen and oxygen atoms in total. The van der Waals surface area contributed by atoms with Crippen LogP contribution >= 0.6 is 0 Å².